The molecule has 2 rings (SSSR count). The van der Waals surface area contributed by atoms with Gasteiger partial charge in [-0.1, -0.05) is 38.1 Å². The average molecular weight is 334 g/mol. The minimum atomic E-state index is -0.981. The van der Waals surface area contributed by atoms with Gasteiger partial charge in [0.05, 0.1) is 6.54 Å². The first kappa shape index (κ1) is 18.7. The highest BCUT2D eigenvalue weighted by Gasteiger charge is 2.34. The van der Waals surface area contributed by atoms with Crippen LogP contribution in [0.15, 0.2) is 24.3 Å². The molecular weight excluding hydrogens is 304 g/mol. The summed E-state index contributed by atoms with van der Waals surface area (Å²) in [6.45, 7) is 4.93. The first-order valence-corrected chi connectivity index (χ1v) is 8.80. The minimum Gasteiger partial charge on any atom is -0.396 e. The second-order valence-corrected chi connectivity index (χ2v) is 7.58. The Balaban J connectivity index is 1.78. The fraction of sp³-hybridized carbons (Fsp3) is 0.632. The maximum atomic E-state index is 12.0. The summed E-state index contributed by atoms with van der Waals surface area (Å²) >= 11 is 0. The summed E-state index contributed by atoms with van der Waals surface area (Å²) in [6, 6.07) is 7.65. The number of amides is 2. The smallest absolute Gasteiger partial charge is 0.314 e. The van der Waals surface area contributed by atoms with E-state index in [1.165, 1.54) is 5.56 Å². The van der Waals surface area contributed by atoms with E-state index in [-0.39, 0.29) is 24.6 Å². The van der Waals surface area contributed by atoms with Crippen LogP contribution in [0.3, 0.4) is 0 Å². The van der Waals surface area contributed by atoms with Gasteiger partial charge in [-0.3, -0.25) is 0 Å². The lowest BCUT2D eigenvalue weighted by Gasteiger charge is -2.34. The zero-order valence-corrected chi connectivity index (χ0v) is 14.8. The zero-order valence-electron chi connectivity index (χ0n) is 14.8. The van der Waals surface area contributed by atoms with Crippen LogP contribution < -0.4 is 10.6 Å². The lowest BCUT2D eigenvalue weighted by atomic mass is 9.79. The van der Waals surface area contributed by atoms with E-state index in [0.29, 0.717) is 13.0 Å². The molecular formula is C19H30N2O3. The van der Waals surface area contributed by atoms with Crippen LogP contribution in [0, 0.1) is 5.41 Å². The molecule has 1 aromatic rings. The predicted octanol–water partition coefficient (Wildman–Crippen LogP) is 2.31. The van der Waals surface area contributed by atoms with E-state index >= 15 is 0 Å². The quantitative estimate of drug-likeness (QED) is 0.578. The van der Waals surface area contributed by atoms with Gasteiger partial charge in [-0.2, -0.15) is 0 Å². The zero-order chi connectivity index (χ0) is 17.6. The molecule has 5 heteroatoms. The fourth-order valence-corrected chi connectivity index (χ4v) is 3.22. The number of urea groups is 1. The minimum absolute atomic E-state index is 0.112. The molecule has 1 unspecified atom stereocenters. The molecule has 24 heavy (non-hydrogen) atoms. The lowest BCUT2D eigenvalue weighted by molar-refractivity contribution is 0.0217. The molecule has 1 aliphatic carbocycles. The van der Waals surface area contributed by atoms with Crippen molar-refractivity contribution in [3.63, 3.8) is 0 Å². The maximum absolute atomic E-state index is 12.0. The van der Waals surface area contributed by atoms with Gasteiger partial charge in [-0.05, 0) is 48.6 Å². The van der Waals surface area contributed by atoms with Gasteiger partial charge in [0.15, 0.2) is 0 Å². The highest BCUT2D eigenvalue weighted by molar-refractivity contribution is 5.73. The first-order chi connectivity index (χ1) is 11.4. The molecule has 0 saturated carbocycles. The third-order valence-corrected chi connectivity index (χ3v) is 4.84. The summed E-state index contributed by atoms with van der Waals surface area (Å²) < 4.78 is 0. The second kappa shape index (κ2) is 7.99. The topological polar surface area (TPSA) is 81.6 Å². The van der Waals surface area contributed by atoms with Crippen molar-refractivity contribution in [2.75, 3.05) is 19.7 Å². The Morgan fingerprint density at radius 2 is 2.04 bits per heavy atom. The molecule has 0 fully saturated rings. The molecule has 0 radical (unpaired) electrons. The fourth-order valence-electron chi connectivity index (χ4n) is 3.22. The molecule has 5 nitrogen and oxygen atoms in total. The highest BCUT2D eigenvalue weighted by atomic mass is 16.3. The van der Waals surface area contributed by atoms with E-state index in [4.69, 9.17) is 0 Å². The highest BCUT2D eigenvalue weighted by Crippen LogP contribution is 2.34. The number of aryl methyl sites for hydroxylation is 1. The SMILES string of the molecule is CC(C)(CO)CCCNC(=O)NCC1(O)CCCc2ccccc21. The molecule has 4 N–H and O–H groups in total. The Labute approximate surface area is 144 Å². The summed E-state index contributed by atoms with van der Waals surface area (Å²) in [5.74, 6) is 0. The molecule has 0 saturated heterocycles. The largest absolute Gasteiger partial charge is 0.396 e. The Morgan fingerprint density at radius 3 is 2.79 bits per heavy atom. The Bertz CT molecular complexity index is 559. The maximum Gasteiger partial charge on any atom is 0.314 e. The average Bonchev–Trinajstić information content (AvgIpc) is 2.58. The summed E-state index contributed by atoms with van der Waals surface area (Å²) in [5.41, 5.74) is 1.01. The molecule has 134 valence electrons. The normalized spacial score (nSPS) is 20.3. The molecule has 0 aliphatic heterocycles. The number of aliphatic hydroxyl groups excluding tert-OH is 1. The van der Waals surface area contributed by atoms with Gasteiger partial charge in [0.2, 0.25) is 0 Å². The molecule has 0 bridgehead atoms. The predicted molar refractivity (Wildman–Crippen MR) is 94.8 cm³/mol. The Morgan fingerprint density at radius 1 is 1.29 bits per heavy atom. The van der Waals surface area contributed by atoms with Crippen LogP contribution in [0.5, 0.6) is 0 Å². The van der Waals surface area contributed by atoms with Gasteiger partial charge < -0.3 is 20.8 Å². The van der Waals surface area contributed by atoms with Crippen molar-refractivity contribution >= 4 is 6.03 Å². The van der Waals surface area contributed by atoms with Crippen LogP contribution in [0.4, 0.5) is 4.79 Å². The van der Waals surface area contributed by atoms with Gasteiger partial charge in [-0.25, -0.2) is 4.79 Å². The molecule has 0 aromatic heterocycles. The van der Waals surface area contributed by atoms with Gasteiger partial charge >= 0.3 is 6.03 Å². The van der Waals surface area contributed by atoms with Crippen LogP contribution in [0.25, 0.3) is 0 Å². The summed E-state index contributed by atoms with van der Waals surface area (Å²) in [7, 11) is 0. The lowest BCUT2D eigenvalue weighted by Crippen LogP contribution is -2.46. The van der Waals surface area contributed by atoms with Crippen molar-refractivity contribution < 1.29 is 15.0 Å². The summed E-state index contributed by atoms with van der Waals surface area (Å²) in [5, 5.41) is 25.7. The number of benzene rings is 1. The van der Waals surface area contributed by atoms with Crippen molar-refractivity contribution in [1.29, 1.82) is 0 Å². The van der Waals surface area contributed by atoms with Gasteiger partial charge in [0.1, 0.15) is 5.60 Å². The van der Waals surface area contributed by atoms with E-state index in [0.717, 1.165) is 31.2 Å². The van der Waals surface area contributed by atoms with Crippen LogP contribution >= 0.6 is 0 Å². The molecule has 0 heterocycles. The second-order valence-electron chi connectivity index (χ2n) is 7.58. The number of hydrogen-bond acceptors (Lipinski definition) is 3. The van der Waals surface area contributed by atoms with E-state index in [2.05, 4.69) is 10.6 Å². The third kappa shape index (κ3) is 4.95. The molecule has 1 atom stereocenters. The number of fused-ring (bicyclic) bond motifs is 1. The number of nitrogens with one attached hydrogen (secondary N) is 2. The van der Waals surface area contributed by atoms with Crippen molar-refractivity contribution in [1.82, 2.24) is 10.6 Å². The monoisotopic (exact) mass is 334 g/mol. The van der Waals surface area contributed by atoms with Gasteiger partial charge in [-0.15, -0.1) is 0 Å². The summed E-state index contributed by atoms with van der Waals surface area (Å²) in [6.07, 6.45) is 4.22. The van der Waals surface area contributed by atoms with Crippen LogP contribution in [0.2, 0.25) is 0 Å². The van der Waals surface area contributed by atoms with Crippen LogP contribution in [-0.4, -0.2) is 35.9 Å². The molecule has 1 aliphatic rings. The third-order valence-electron chi connectivity index (χ3n) is 4.84. The molecule has 1 aromatic carbocycles. The Hall–Kier alpha value is -1.59. The number of aliphatic hydroxyl groups is 2. The number of carbonyl (C=O) groups excluding carboxylic acids is 1. The van der Waals surface area contributed by atoms with E-state index in [1.54, 1.807) is 0 Å². The first-order valence-electron chi connectivity index (χ1n) is 8.80. The van der Waals surface area contributed by atoms with Crippen molar-refractivity contribution in [2.24, 2.45) is 5.41 Å². The van der Waals surface area contributed by atoms with Crippen molar-refractivity contribution in [3.8, 4) is 0 Å². The molecule has 2 amide bonds. The number of carbonyl (C=O) groups is 1. The standard InChI is InChI=1S/C19H30N2O3/c1-18(2,14-22)10-6-12-20-17(23)21-13-19(24)11-5-8-15-7-3-4-9-16(15)19/h3-4,7,9,22,24H,5-6,8,10-14H2,1-2H3,(H2,20,21,23). The van der Waals surface area contributed by atoms with Crippen molar-refractivity contribution in [3.05, 3.63) is 35.4 Å². The van der Waals surface area contributed by atoms with E-state index in [1.807, 2.05) is 38.1 Å². The Kier molecular flexibility index (Phi) is 6.24. The van der Waals surface area contributed by atoms with E-state index in [9.17, 15) is 15.0 Å². The van der Waals surface area contributed by atoms with E-state index < -0.39 is 5.60 Å². The van der Waals surface area contributed by atoms with Crippen LogP contribution in [-0.2, 0) is 12.0 Å². The van der Waals surface area contributed by atoms with Crippen LogP contribution in [0.1, 0.15) is 50.7 Å². The van der Waals surface area contributed by atoms with Crippen molar-refractivity contribution in [2.45, 2.75) is 51.6 Å². The summed E-state index contributed by atoms with van der Waals surface area (Å²) in [4.78, 5) is 12.0. The van der Waals surface area contributed by atoms with Gasteiger partial charge in [0.25, 0.3) is 0 Å². The molecule has 0 spiro atoms. The van der Waals surface area contributed by atoms with Gasteiger partial charge in [0, 0.05) is 13.2 Å². The number of rotatable bonds is 7. The number of hydrogen-bond donors (Lipinski definition) is 4.